The van der Waals surface area contributed by atoms with Gasteiger partial charge >= 0.3 is 299 Å². The van der Waals surface area contributed by atoms with Gasteiger partial charge in [0.15, 0.2) is 0 Å². The Kier molecular flexibility index (Phi) is 12.1. The zero-order valence-corrected chi connectivity index (χ0v) is 33.4. The molecular formula is C28H20Br4O2S4Se2. The van der Waals surface area contributed by atoms with E-state index in [0.29, 0.717) is 14.5 Å². The fourth-order valence-corrected chi connectivity index (χ4v) is 15.0. The van der Waals surface area contributed by atoms with Gasteiger partial charge in [-0.05, 0) is 0 Å². The van der Waals surface area contributed by atoms with Crippen molar-refractivity contribution in [3.63, 3.8) is 0 Å². The van der Waals surface area contributed by atoms with Crippen LogP contribution in [0.4, 0.5) is 0 Å². The van der Waals surface area contributed by atoms with Crippen LogP contribution in [-0.2, 0) is 12.8 Å². The third-order valence-corrected chi connectivity index (χ3v) is 18.2. The standard InChI is InChI=1S/C14H10Br2O2S2Se.C14H10Br2S2Se/c15-7-3-5-19-13(7)11(17)9-1-2-10(21-9)12(18)14-8(16)4-6-20-14;15-11-3-5-17-13(11)7-9-1-2-10(19-9)8-14-12(16)4-6-18-14/h1-6,11-12,17-18H;1-6H,7-8H2. The molecular weight excluding hydrogens is 974 g/mol. The van der Waals surface area contributed by atoms with Crippen molar-refractivity contribution in [2.24, 2.45) is 0 Å². The summed E-state index contributed by atoms with van der Waals surface area (Å²) in [6, 6.07) is 16.7. The topological polar surface area (TPSA) is 40.5 Å². The van der Waals surface area contributed by atoms with E-state index >= 15 is 0 Å². The molecule has 0 fully saturated rings. The normalized spacial score (nSPS) is 12.8. The van der Waals surface area contributed by atoms with E-state index in [-0.39, 0.29) is 14.5 Å². The Balaban J connectivity index is 0.000000162. The molecule has 0 bridgehead atoms. The van der Waals surface area contributed by atoms with Gasteiger partial charge in [0, 0.05) is 0 Å². The van der Waals surface area contributed by atoms with Crippen molar-refractivity contribution >= 4 is 138 Å². The molecule has 2 atom stereocenters. The Labute approximate surface area is 294 Å². The van der Waals surface area contributed by atoms with Crippen molar-refractivity contribution in [1.82, 2.24) is 0 Å². The van der Waals surface area contributed by atoms with E-state index in [4.69, 9.17) is 0 Å². The van der Waals surface area contributed by atoms with Gasteiger partial charge in [0.05, 0.1) is 0 Å². The van der Waals surface area contributed by atoms with Gasteiger partial charge in [-0.1, -0.05) is 0 Å². The van der Waals surface area contributed by atoms with Gasteiger partial charge in [-0.15, -0.1) is 0 Å². The van der Waals surface area contributed by atoms with Crippen LogP contribution in [0.5, 0.6) is 0 Å². The summed E-state index contributed by atoms with van der Waals surface area (Å²) >= 11 is 21.4. The number of rotatable bonds is 8. The number of aliphatic hydroxyl groups excluding tert-OH is 2. The number of hydrogen-bond donors (Lipinski definition) is 2. The van der Waals surface area contributed by atoms with Crippen LogP contribution in [0.1, 0.15) is 49.5 Å². The Morgan fingerprint density at radius 3 is 1.27 bits per heavy atom. The second-order valence-corrected chi connectivity index (χ2v) is 20.8. The van der Waals surface area contributed by atoms with E-state index in [1.165, 1.54) is 41.4 Å². The van der Waals surface area contributed by atoms with E-state index in [0.717, 1.165) is 40.4 Å². The van der Waals surface area contributed by atoms with Crippen LogP contribution in [0.3, 0.4) is 0 Å². The van der Waals surface area contributed by atoms with Crippen LogP contribution >= 0.6 is 109 Å². The van der Waals surface area contributed by atoms with Gasteiger partial charge in [0.2, 0.25) is 0 Å². The molecule has 0 aliphatic carbocycles. The summed E-state index contributed by atoms with van der Waals surface area (Å²) in [7, 11) is 0. The minimum absolute atomic E-state index is 0.0360. The molecule has 0 amide bonds. The Bertz CT molecular complexity index is 1560. The molecule has 0 saturated carbocycles. The molecule has 12 heteroatoms. The monoisotopic (exact) mass is 992 g/mol. The van der Waals surface area contributed by atoms with Crippen molar-refractivity contribution in [1.29, 1.82) is 0 Å². The fraction of sp³-hybridized carbons (Fsp3) is 0.143. The summed E-state index contributed by atoms with van der Waals surface area (Å²) in [5.74, 6) is 0. The maximum atomic E-state index is 10.5. The second-order valence-electron chi connectivity index (χ2n) is 8.42. The molecule has 2 N–H and O–H groups in total. The number of thiophene rings is 4. The van der Waals surface area contributed by atoms with Crippen molar-refractivity contribution in [2.45, 2.75) is 25.0 Å². The molecule has 40 heavy (non-hydrogen) atoms. The third kappa shape index (κ3) is 8.02. The van der Waals surface area contributed by atoms with Gasteiger partial charge < -0.3 is 0 Å². The molecule has 2 nitrogen and oxygen atoms in total. The second kappa shape index (κ2) is 15.1. The maximum absolute atomic E-state index is 10.5. The first-order chi connectivity index (χ1) is 19.3. The zero-order valence-electron chi connectivity index (χ0n) is 20.4. The van der Waals surface area contributed by atoms with Crippen LogP contribution in [0.15, 0.2) is 87.9 Å². The Morgan fingerprint density at radius 1 is 0.525 bits per heavy atom. The molecule has 0 aromatic carbocycles. The molecule has 0 aliphatic rings. The molecule has 2 unspecified atom stereocenters. The van der Waals surface area contributed by atoms with Crippen LogP contribution in [-0.4, -0.2) is 39.2 Å². The molecule has 6 aromatic heterocycles. The summed E-state index contributed by atoms with van der Waals surface area (Å²) in [6.45, 7) is 0. The van der Waals surface area contributed by atoms with Gasteiger partial charge in [-0.25, -0.2) is 0 Å². The molecule has 0 radical (unpaired) electrons. The van der Waals surface area contributed by atoms with Crippen LogP contribution in [0.2, 0.25) is 0 Å². The SMILES string of the molecule is Brc1ccsc1Cc1ccc(Cc2sccc2Br)[se]1.OC(c1ccc(C(O)c2sccc2Br)[se]1)c1sccc1Br. The van der Waals surface area contributed by atoms with Gasteiger partial charge in [-0.3, -0.25) is 0 Å². The molecule has 6 aromatic rings. The third-order valence-electron chi connectivity index (χ3n) is 5.74. The minimum atomic E-state index is -0.591. The summed E-state index contributed by atoms with van der Waals surface area (Å²) in [6.07, 6.45) is 1.02. The molecule has 0 saturated heterocycles. The molecule has 0 aliphatic heterocycles. The van der Waals surface area contributed by atoms with Crippen molar-refractivity contribution in [3.8, 4) is 0 Å². The average Bonchev–Trinajstić information content (AvgIpc) is 3.76. The number of hydrogen-bond acceptors (Lipinski definition) is 6. The van der Waals surface area contributed by atoms with Crippen molar-refractivity contribution in [2.75, 3.05) is 0 Å². The van der Waals surface area contributed by atoms with Crippen molar-refractivity contribution < 1.29 is 10.2 Å². The summed E-state index contributed by atoms with van der Waals surface area (Å²) in [4.78, 5) is 4.73. The molecule has 6 heterocycles. The van der Waals surface area contributed by atoms with E-state index < -0.39 is 12.2 Å². The van der Waals surface area contributed by atoms with E-state index in [2.05, 4.69) is 98.7 Å². The van der Waals surface area contributed by atoms with Crippen molar-refractivity contribution in [3.05, 3.63) is 125 Å². The van der Waals surface area contributed by atoms with Crippen LogP contribution in [0, 0.1) is 0 Å². The van der Waals surface area contributed by atoms with E-state index in [1.807, 2.05) is 57.7 Å². The zero-order chi connectivity index (χ0) is 28.2. The molecule has 6 rings (SSSR count). The van der Waals surface area contributed by atoms with E-state index in [9.17, 15) is 10.2 Å². The number of halogens is 4. The first-order valence-electron chi connectivity index (χ1n) is 11.7. The predicted octanol–water partition coefficient (Wildman–Crippen LogP) is 10.1. The first-order valence-corrected chi connectivity index (χ1v) is 21.8. The van der Waals surface area contributed by atoms with Crippen LogP contribution in [0.25, 0.3) is 0 Å². The Morgan fingerprint density at radius 2 is 0.925 bits per heavy atom. The summed E-state index contributed by atoms with van der Waals surface area (Å²) < 4.78 is 9.50. The van der Waals surface area contributed by atoms with Gasteiger partial charge in [0.1, 0.15) is 0 Å². The molecule has 208 valence electrons. The summed E-state index contributed by atoms with van der Waals surface area (Å²) in [5.41, 5.74) is 0. The van der Waals surface area contributed by atoms with Crippen LogP contribution < -0.4 is 0 Å². The predicted molar refractivity (Wildman–Crippen MR) is 189 cm³/mol. The van der Waals surface area contributed by atoms with E-state index in [1.54, 1.807) is 8.87 Å². The molecule has 0 spiro atoms. The number of aliphatic hydroxyl groups is 2. The Hall–Kier alpha value is 0.639. The average molecular weight is 994 g/mol. The van der Waals surface area contributed by atoms with Gasteiger partial charge in [-0.2, -0.15) is 0 Å². The first kappa shape index (κ1) is 32.0. The fourth-order valence-electron chi connectivity index (χ4n) is 3.75. The summed E-state index contributed by atoms with van der Waals surface area (Å²) in [5, 5.41) is 29.2. The quantitative estimate of drug-likeness (QED) is 0.149. The van der Waals surface area contributed by atoms with Gasteiger partial charge in [0.25, 0.3) is 0 Å².